The topological polar surface area (TPSA) is 98.9 Å². The first-order valence-corrected chi connectivity index (χ1v) is 6.69. The smallest absolute Gasteiger partial charge is 0.312 e. The lowest BCUT2D eigenvalue weighted by Crippen LogP contribution is -2.55. The van der Waals surface area contributed by atoms with Crippen LogP contribution >= 0.6 is 0 Å². The van der Waals surface area contributed by atoms with Gasteiger partial charge in [-0.2, -0.15) is 0 Å². The van der Waals surface area contributed by atoms with Gasteiger partial charge in [0, 0.05) is 32.7 Å². The summed E-state index contributed by atoms with van der Waals surface area (Å²) in [6.45, 7) is 6.92. The van der Waals surface area contributed by atoms with Gasteiger partial charge in [0.15, 0.2) is 0 Å². The molecule has 0 radical (unpaired) electrons. The second-order valence-electron chi connectivity index (χ2n) is 4.92. The molecule has 0 unspecified atom stereocenters. The first kappa shape index (κ1) is 15.7. The Balaban J connectivity index is 2.36. The zero-order valence-corrected chi connectivity index (χ0v) is 11.6. The summed E-state index contributed by atoms with van der Waals surface area (Å²) in [5, 5.41) is 12.0. The number of nitrogens with two attached hydrogens (primary N) is 1. The van der Waals surface area contributed by atoms with E-state index in [4.69, 9.17) is 5.73 Å². The maximum atomic E-state index is 12.0. The maximum absolute atomic E-state index is 12.0. The van der Waals surface area contributed by atoms with Crippen molar-refractivity contribution in [2.75, 3.05) is 32.7 Å². The largest absolute Gasteiger partial charge is 0.392 e. The number of hydrogen-bond acceptors (Lipinski definition) is 4. The second kappa shape index (κ2) is 7.30. The fraction of sp³-hybridized carbons (Fsp3) is 0.833. The van der Waals surface area contributed by atoms with Crippen molar-refractivity contribution in [1.29, 1.82) is 0 Å². The van der Waals surface area contributed by atoms with Crippen LogP contribution in [0.1, 0.15) is 20.3 Å². The van der Waals surface area contributed by atoms with Crippen LogP contribution in [0.5, 0.6) is 0 Å². The van der Waals surface area contributed by atoms with Crippen molar-refractivity contribution in [3.63, 3.8) is 0 Å². The molecule has 0 aromatic rings. The van der Waals surface area contributed by atoms with E-state index in [1.54, 1.807) is 11.8 Å². The van der Waals surface area contributed by atoms with Crippen LogP contribution in [0.25, 0.3) is 0 Å². The molecule has 0 spiro atoms. The van der Waals surface area contributed by atoms with Crippen LogP contribution in [-0.2, 0) is 4.79 Å². The van der Waals surface area contributed by atoms with E-state index >= 15 is 0 Å². The molecule has 4 N–H and O–H groups in total. The number of aliphatic hydroxyl groups is 1. The summed E-state index contributed by atoms with van der Waals surface area (Å²) in [5.74, 6) is -0.116. The molecule has 0 aromatic carbocycles. The van der Waals surface area contributed by atoms with E-state index in [9.17, 15) is 14.7 Å². The van der Waals surface area contributed by atoms with Crippen LogP contribution in [0, 0.1) is 0 Å². The van der Waals surface area contributed by atoms with Crippen LogP contribution in [0.15, 0.2) is 0 Å². The predicted molar refractivity (Wildman–Crippen MR) is 71.5 cm³/mol. The van der Waals surface area contributed by atoms with E-state index in [1.807, 2.05) is 6.92 Å². The van der Waals surface area contributed by atoms with E-state index in [0.717, 1.165) is 19.5 Å². The fourth-order valence-electron chi connectivity index (χ4n) is 2.13. The Kier molecular flexibility index (Phi) is 6.04. The number of hydrogen-bond donors (Lipinski definition) is 3. The first-order valence-electron chi connectivity index (χ1n) is 6.69. The number of β-amino-alcohol motifs (C(OH)–C–C–N with tert-alkyl or cyclic N) is 1. The summed E-state index contributed by atoms with van der Waals surface area (Å²) >= 11 is 0. The van der Waals surface area contributed by atoms with Gasteiger partial charge in [-0.1, -0.05) is 6.92 Å². The minimum Gasteiger partial charge on any atom is -0.392 e. The summed E-state index contributed by atoms with van der Waals surface area (Å²) in [5.41, 5.74) is 5.00. The van der Waals surface area contributed by atoms with Crippen molar-refractivity contribution < 1.29 is 14.7 Å². The van der Waals surface area contributed by atoms with Crippen molar-refractivity contribution in [2.24, 2.45) is 5.73 Å². The third kappa shape index (κ3) is 5.04. The monoisotopic (exact) mass is 272 g/mol. The Bertz CT molecular complexity index is 316. The van der Waals surface area contributed by atoms with E-state index in [2.05, 4.69) is 10.2 Å². The third-order valence-corrected chi connectivity index (χ3v) is 3.35. The number of rotatable bonds is 5. The molecule has 1 saturated heterocycles. The second-order valence-corrected chi connectivity index (χ2v) is 4.92. The van der Waals surface area contributed by atoms with Gasteiger partial charge in [-0.3, -0.25) is 9.69 Å². The van der Waals surface area contributed by atoms with Gasteiger partial charge in [-0.25, -0.2) is 4.79 Å². The first-order chi connectivity index (χ1) is 8.93. The number of nitrogens with one attached hydrogen (secondary N) is 1. The normalized spacial score (nSPS) is 19.8. The summed E-state index contributed by atoms with van der Waals surface area (Å²) in [6.07, 6.45) is 0.427. The van der Waals surface area contributed by atoms with Crippen molar-refractivity contribution in [2.45, 2.75) is 32.4 Å². The Morgan fingerprint density at radius 1 is 1.32 bits per heavy atom. The summed E-state index contributed by atoms with van der Waals surface area (Å²) in [6, 6.07) is -1.28. The van der Waals surface area contributed by atoms with Crippen molar-refractivity contribution in [1.82, 2.24) is 15.1 Å². The highest BCUT2D eigenvalue weighted by Crippen LogP contribution is 2.06. The van der Waals surface area contributed by atoms with E-state index < -0.39 is 12.1 Å². The zero-order chi connectivity index (χ0) is 14.4. The van der Waals surface area contributed by atoms with Gasteiger partial charge in [-0.05, 0) is 13.3 Å². The molecular formula is C12H24N4O3. The SMILES string of the molecule is CC[C@H](O)CN1CCN(C(=O)[C@H](C)NC(N)=O)CC1. The molecule has 0 aliphatic carbocycles. The molecule has 3 amide bonds. The number of nitrogens with zero attached hydrogens (tertiary/aromatic N) is 2. The maximum Gasteiger partial charge on any atom is 0.312 e. The predicted octanol–water partition coefficient (Wildman–Crippen LogP) is -1.04. The molecule has 110 valence electrons. The average molecular weight is 272 g/mol. The molecule has 1 heterocycles. The minimum atomic E-state index is -0.689. The van der Waals surface area contributed by atoms with Gasteiger partial charge in [-0.15, -0.1) is 0 Å². The molecule has 1 aliphatic rings. The van der Waals surface area contributed by atoms with Crippen LogP contribution < -0.4 is 11.1 Å². The molecule has 19 heavy (non-hydrogen) atoms. The number of amides is 3. The van der Waals surface area contributed by atoms with Gasteiger partial charge in [0.2, 0.25) is 5.91 Å². The van der Waals surface area contributed by atoms with Crippen LogP contribution in [-0.4, -0.2) is 71.7 Å². The van der Waals surface area contributed by atoms with Crippen molar-refractivity contribution in [3.8, 4) is 0 Å². The van der Waals surface area contributed by atoms with Gasteiger partial charge in [0.25, 0.3) is 0 Å². The number of urea groups is 1. The molecule has 0 saturated carbocycles. The van der Waals surface area contributed by atoms with Gasteiger partial charge in [0.05, 0.1) is 6.10 Å². The summed E-state index contributed by atoms with van der Waals surface area (Å²) < 4.78 is 0. The zero-order valence-electron chi connectivity index (χ0n) is 11.6. The van der Waals surface area contributed by atoms with E-state index in [-0.39, 0.29) is 12.0 Å². The van der Waals surface area contributed by atoms with Crippen molar-refractivity contribution >= 4 is 11.9 Å². The molecule has 7 heteroatoms. The summed E-state index contributed by atoms with van der Waals surface area (Å²) in [7, 11) is 0. The molecule has 1 aliphatic heterocycles. The number of piperazine rings is 1. The average Bonchev–Trinajstić information content (AvgIpc) is 2.37. The third-order valence-electron chi connectivity index (χ3n) is 3.35. The number of aliphatic hydroxyl groups excluding tert-OH is 1. The minimum absolute atomic E-state index is 0.116. The summed E-state index contributed by atoms with van der Waals surface area (Å²) in [4.78, 5) is 26.6. The molecule has 7 nitrogen and oxygen atoms in total. The molecule has 2 atom stereocenters. The standard InChI is InChI=1S/C12H24N4O3/c1-3-10(17)8-15-4-6-16(7-5-15)11(18)9(2)14-12(13)19/h9-10,17H,3-8H2,1-2H3,(H3,13,14,19)/t9-,10-/m0/s1. The van der Waals surface area contributed by atoms with Crippen molar-refractivity contribution in [3.05, 3.63) is 0 Å². The molecule has 0 aromatic heterocycles. The Morgan fingerprint density at radius 2 is 1.89 bits per heavy atom. The van der Waals surface area contributed by atoms with Crippen LogP contribution in [0.2, 0.25) is 0 Å². The number of primary amides is 1. The van der Waals surface area contributed by atoms with Gasteiger partial charge >= 0.3 is 6.03 Å². The van der Waals surface area contributed by atoms with Gasteiger partial charge in [0.1, 0.15) is 6.04 Å². The Morgan fingerprint density at radius 3 is 2.37 bits per heavy atom. The van der Waals surface area contributed by atoms with Crippen LogP contribution in [0.3, 0.4) is 0 Å². The number of carbonyl (C=O) groups is 2. The van der Waals surface area contributed by atoms with Gasteiger partial charge < -0.3 is 21.1 Å². The molecule has 1 rings (SSSR count). The highest BCUT2D eigenvalue weighted by Gasteiger charge is 2.25. The Labute approximate surface area is 113 Å². The molecule has 0 bridgehead atoms. The highest BCUT2D eigenvalue weighted by molar-refractivity contribution is 5.86. The number of carbonyl (C=O) groups excluding carboxylic acids is 2. The fourth-order valence-corrected chi connectivity index (χ4v) is 2.13. The van der Waals surface area contributed by atoms with Crippen LogP contribution in [0.4, 0.5) is 4.79 Å². The quantitative estimate of drug-likeness (QED) is 0.595. The van der Waals surface area contributed by atoms with E-state index in [1.165, 1.54) is 0 Å². The lowest BCUT2D eigenvalue weighted by Gasteiger charge is -2.36. The Hall–Kier alpha value is -1.34. The lowest BCUT2D eigenvalue weighted by molar-refractivity contribution is -0.134. The van der Waals surface area contributed by atoms with E-state index in [0.29, 0.717) is 19.6 Å². The lowest BCUT2D eigenvalue weighted by atomic mass is 10.2. The molecule has 1 fully saturated rings. The highest BCUT2D eigenvalue weighted by atomic mass is 16.3. The molecular weight excluding hydrogens is 248 g/mol.